The Balaban J connectivity index is 2.04. The van der Waals surface area contributed by atoms with E-state index in [0.717, 1.165) is 11.1 Å². The summed E-state index contributed by atoms with van der Waals surface area (Å²) in [4.78, 5) is 30.0. The van der Waals surface area contributed by atoms with Crippen molar-refractivity contribution in [3.8, 4) is 0 Å². The zero-order valence-electron chi connectivity index (χ0n) is 12.6. The van der Waals surface area contributed by atoms with Crippen molar-refractivity contribution in [2.24, 2.45) is 0 Å². The number of hydrogen-bond donors (Lipinski definition) is 1. The second kappa shape index (κ2) is 6.04. The van der Waals surface area contributed by atoms with Crippen molar-refractivity contribution in [2.45, 2.75) is 19.5 Å². The molecule has 0 saturated carbocycles. The molecule has 5 heteroatoms. The van der Waals surface area contributed by atoms with Crippen molar-refractivity contribution < 1.29 is 14.7 Å². The van der Waals surface area contributed by atoms with Crippen LogP contribution in [0.2, 0.25) is 0 Å². The first-order chi connectivity index (χ1) is 11.1. The van der Waals surface area contributed by atoms with Gasteiger partial charge in [0.15, 0.2) is 11.5 Å². The molecule has 2 heterocycles. The van der Waals surface area contributed by atoms with Gasteiger partial charge in [-0.2, -0.15) is 0 Å². The largest absolute Gasteiger partial charge is 0.503 e. The fourth-order valence-electron chi connectivity index (χ4n) is 2.85. The maximum atomic E-state index is 12.5. The minimum Gasteiger partial charge on any atom is -0.503 e. The van der Waals surface area contributed by atoms with Crippen molar-refractivity contribution in [1.29, 1.82) is 0 Å². The molecule has 1 aliphatic rings. The number of hydrogen-bond acceptors (Lipinski definition) is 4. The minimum absolute atomic E-state index is 0.144. The van der Waals surface area contributed by atoms with Gasteiger partial charge in [-0.3, -0.25) is 14.6 Å². The second-order valence-corrected chi connectivity index (χ2v) is 5.43. The van der Waals surface area contributed by atoms with Crippen LogP contribution in [-0.2, 0) is 16.1 Å². The van der Waals surface area contributed by atoms with Crippen molar-refractivity contribution >= 4 is 11.7 Å². The zero-order valence-corrected chi connectivity index (χ0v) is 12.6. The molecule has 1 atom stereocenters. The molecule has 1 amide bonds. The minimum atomic E-state index is -0.582. The molecule has 3 rings (SSSR count). The Hall–Kier alpha value is -2.95. The summed E-state index contributed by atoms with van der Waals surface area (Å²) >= 11 is 0. The molecule has 1 aliphatic heterocycles. The summed E-state index contributed by atoms with van der Waals surface area (Å²) in [5, 5.41) is 10.2. The number of aliphatic hydroxyl groups excluding tert-OH is 1. The first-order valence-corrected chi connectivity index (χ1v) is 7.28. The summed E-state index contributed by atoms with van der Waals surface area (Å²) < 4.78 is 0. The van der Waals surface area contributed by atoms with Crippen LogP contribution in [0.5, 0.6) is 0 Å². The summed E-state index contributed by atoms with van der Waals surface area (Å²) in [6, 6.07) is 12.3. The maximum Gasteiger partial charge on any atom is 0.290 e. The molecule has 1 N–H and O–H groups in total. The van der Waals surface area contributed by atoms with Crippen molar-refractivity contribution in [1.82, 2.24) is 9.88 Å². The van der Waals surface area contributed by atoms with Gasteiger partial charge in [0.05, 0.1) is 11.6 Å². The van der Waals surface area contributed by atoms with Gasteiger partial charge >= 0.3 is 0 Å². The van der Waals surface area contributed by atoms with Crippen molar-refractivity contribution in [2.75, 3.05) is 0 Å². The van der Waals surface area contributed by atoms with Crippen LogP contribution < -0.4 is 0 Å². The average Bonchev–Trinajstić information content (AvgIpc) is 2.82. The number of Topliss-reactive ketones (excluding diaryl/α,β-unsaturated/α-hetero) is 1. The molecule has 0 unspecified atom stereocenters. The lowest BCUT2D eigenvalue weighted by Gasteiger charge is -2.26. The first-order valence-electron chi connectivity index (χ1n) is 7.28. The predicted molar refractivity (Wildman–Crippen MR) is 84.3 cm³/mol. The number of carbonyl (C=O) groups is 2. The van der Waals surface area contributed by atoms with Crippen LogP contribution in [0.1, 0.15) is 24.1 Å². The van der Waals surface area contributed by atoms with Gasteiger partial charge in [-0.25, -0.2) is 0 Å². The Morgan fingerprint density at radius 1 is 1.22 bits per heavy atom. The molecule has 0 bridgehead atoms. The number of amides is 1. The topological polar surface area (TPSA) is 70.5 Å². The molecule has 1 aromatic heterocycles. The van der Waals surface area contributed by atoms with Gasteiger partial charge in [0.1, 0.15) is 0 Å². The lowest BCUT2D eigenvalue weighted by atomic mass is 9.96. The third kappa shape index (κ3) is 2.73. The number of nitrogens with zero attached hydrogens (tertiary/aromatic N) is 2. The van der Waals surface area contributed by atoms with Crippen LogP contribution in [-0.4, -0.2) is 26.7 Å². The van der Waals surface area contributed by atoms with Gasteiger partial charge in [-0.1, -0.05) is 36.4 Å². The number of benzene rings is 1. The highest BCUT2D eigenvalue weighted by atomic mass is 16.3. The maximum absolute atomic E-state index is 12.5. The Morgan fingerprint density at radius 3 is 2.57 bits per heavy atom. The number of pyridine rings is 1. The van der Waals surface area contributed by atoms with Crippen LogP contribution in [0.4, 0.5) is 0 Å². The monoisotopic (exact) mass is 308 g/mol. The molecule has 0 spiro atoms. The fraction of sp³-hybridized carbons (Fsp3) is 0.167. The normalized spacial score (nSPS) is 17.7. The molecule has 5 nitrogen and oxygen atoms in total. The molecule has 1 aromatic carbocycles. The van der Waals surface area contributed by atoms with Gasteiger partial charge in [-0.05, 0) is 24.1 Å². The Labute approximate surface area is 133 Å². The molecule has 116 valence electrons. The molecule has 23 heavy (non-hydrogen) atoms. The van der Waals surface area contributed by atoms with E-state index in [4.69, 9.17) is 0 Å². The van der Waals surface area contributed by atoms with Crippen molar-refractivity contribution in [3.63, 3.8) is 0 Å². The van der Waals surface area contributed by atoms with E-state index in [1.807, 2.05) is 36.4 Å². The highest BCUT2D eigenvalue weighted by Gasteiger charge is 2.42. The fourth-order valence-corrected chi connectivity index (χ4v) is 2.85. The number of aromatic nitrogens is 1. The van der Waals surface area contributed by atoms with E-state index in [1.54, 1.807) is 18.5 Å². The van der Waals surface area contributed by atoms with Crippen LogP contribution >= 0.6 is 0 Å². The summed E-state index contributed by atoms with van der Waals surface area (Å²) in [5.74, 6) is -1.30. The van der Waals surface area contributed by atoms with Crippen molar-refractivity contribution in [3.05, 3.63) is 77.3 Å². The van der Waals surface area contributed by atoms with E-state index in [-0.39, 0.29) is 17.9 Å². The average molecular weight is 308 g/mol. The van der Waals surface area contributed by atoms with E-state index in [9.17, 15) is 14.7 Å². The van der Waals surface area contributed by atoms with Crippen LogP contribution in [0, 0.1) is 0 Å². The smallest absolute Gasteiger partial charge is 0.290 e. The molecular weight excluding hydrogens is 292 g/mol. The Morgan fingerprint density at radius 2 is 1.96 bits per heavy atom. The lowest BCUT2D eigenvalue weighted by Crippen LogP contribution is -2.30. The first kappa shape index (κ1) is 15.0. The zero-order chi connectivity index (χ0) is 16.4. The van der Waals surface area contributed by atoms with E-state index < -0.39 is 17.7 Å². The SMILES string of the molecule is CC(=O)C1=C(O)C(=O)N(Cc2cccnc2)[C@@H]1c1ccccc1. The lowest BCUT2D eigenvalue weighted by molar-refractivity contribution is -0.130. The Kier molecular flexibility index (Phi) is 3.93. The van der Waals surface area contributed by atoms with E-state index in [1.165, 1.54) is 11.8 Å². The molecule has 0 saturated heterocycles. The van der Waals surface area contributed by atoms with E-state index in [2.05, 4.69) is 4.98 Å². The standard InChI is InChI=1S/C18H16N2O3/c1-12(21)15-16(14-7-3-2-4-8-14)20(18(23)17(15)22)11-13-6-5-9-19-10-13/h2-10,16,22H,11H2,1H3/t16-/m1/s1. The molecule has 0 radical (unpaired) electrons. The van der Waals surface area contributed by atoms with E-state index >= 15 is 0 Å². The van der Waals surface area contributed by atoms with Gasteiger partial charge in [0.25, 0.3) is 5.91 Å². The predicted octanol–water partition coefficient (Wildman–Crippen LogP) is 2.57. The van der Waals surface area contributed by atoms with Gasteiger partial charge in [0, 0.05) is 18.9 Å². The molecule has 0 aliphatic carbocycles. The third-order valence-corrected chi connectivity index (χ3v) is 3.87. The summed E-state index contributed by atoms with van der Waals surface area (Å²) in [6.45, 7) is 1.63. The van der Waals surface area contributed by atoms with Crippen LogP contribution in [0.15, 0.2) is 66.2 Å². The number of aliphatic hydroxyl groups is 1. The van der Waals surface area contributed by atoms with Gasteiger partial charge < -0.3 is 10.0 Å². The van der Waals surface area contributed by atoms with E-state index in [0.29, 0.717) is 0 Å². The molecule has 0 fully saturated rings. The van der Waals surface area contributed by atoms with Crippen LogP contribution in [0.25, 0.3) is 0 Å². The number of ketones is 1. The quantitative estimate of drug-likeness (QED) is 0.942. The van der Waals surface area contributed by atoms with Gasteiger partial charge in [-0.15, -0.1) is 0 Å². The number of rotatable bonds is 4. The highest BCUT2D eigenvalue weighted by Crippen LogP contribution is 2.38. The molecular formula is C18H16N2O3. The summed E-state index contributed by atoms with van der Waals surface area (Å²) in [5.41, 5.74) is 1.77. The Bertz CT molecular complexity index is 769. The van der Waals surface area contributed by atoms with Gasteiger partial charge in [0.2, 0.25) is 0 Å². The second-order valence-electron chi connectivity index (χ2n) is 5.43. The summed E-state index contributed by atoms with van der Waals surface area (Å²) in [6.07, 6.45) is 3.32. The van der Waals surface area contributed by atoms with Crippen LogP contribution in [0.3, 0.4) is 0 Å². The molecule has 2 aromatic rings. The highest BCUT2D eigenvalue weighted by molar-refractivity contribution is 6.08. The number of carbonyl (C=O) groups excluding carboxylic acids is 2. The summed E-state index contributed by atoms with van der Waals surface area (Å²) in [7, 11) is 0. The third-order valence-electron chi connectivity index (χ3n) is 3.87.